The van der Waals surface area contributed by atoms with E-state index < -0.39 is 11.7 Å². The van der Waals surface area contributed by atoms with Crippen molar-refractivity contribution in [2.75, 3.05) is 11.1 Å². The van der Waals surface area contributed by atoms with E-state index >= 15 is 0 Å². The quantitative estimate of drug-likeness (QED) is 0.349. The number of nitrogens with two attached hydrogens (primary N) is 1. The summed E-state index contributed by atoms with van der Waals surface area (Å²) in [6, 6.07) is 17.9. The SMILES string of the molecule is NC(=O)c1ccsc1NC(=O)CSc1nnc(-c2ccccc2F)n1CCc1ccccc1. The number of hydrogen-bond donors (Lipinski definition) is 2. The Labute approximate surface area is 197 Å². The molecule has 33 heavy (non-hydrogen) atoms. The van der Waals surface area contributed by atoms with E-state index in [0.29, 0.717) is 34.5 Å². The van der Waals surface area contributed by atoms with E-state index in [9.17, 15) is 14.0 Å². The van der Waals surface area contributed by atoms with Crippen LogP contribution in [0.25, 0.3) is 11.4 Å². The maximum atomic E-state index is 14.5. The summed E-state index contributed by atoms with van der Waals surface area (Å²) in [7, 11) is 0. The summed E-state index contributed by atoms with van der Waals surface area (Å²) in [6.07, 6.45) is 0.692. The highest BCUT2D eigenvalue weighted by Crippen LogP contribution is 2.27. The monoisotopic (exact) mass is 481 g/mol. The summed E-state index contributed by atoms with van der Waals surface area (Å²) in [6.45, 7) is 0.515. The first-order valence-corrected chi connectivity index (χ1v) is 11.9. The Bertz CT molecular complexity index is 1270. The Morgan fingerprint density at radius 3 is 2.58 bits per heavy atom. The fraction of sp³-hybridized carbons (Fsp3) is 0.130. The summed E-state index contributed by atoms with van der Waals surface area (Å²) in [5.74, 6) is -0.862. The number of anilines is 1. The number of primary amides is 1. The zero-order valence-corrected chi connectivity index (χ0v) is 19.0. The molecule has 0 aliphatic heterocycles. The zero-order chi connectivity index (χ0) is 23.2. The van der Waals surface area contributed by atoms with Gasteiger partial charge in [0.25, 0.3) is 5.91 Å². The Morgan fingerprint density at radius 1 is 1.06 bits per heavy atom. The molecular formula is C23H20FN5O2S2. The van der Waals surface area contributed by atoms with Crippen molar-refractivity contribution in [2.45, 2.75) is 18.1 Å². The topological polar surface area (TPSA) is 103 Å². The minimum atomic E-state index is -0.602. The van der Waals surface area contributed by atoms with Crippen molar-refractivity contribution in [1.82, 2.24) is 14.8 Å². The molecule has 0 bridgehead atoms. The van der Waals surface area contributed by atoms with E-state index in [1.807, 2.05) is 34.9 Å². The molecule has 0 spiro atoms. The van der Waals surface area contributed by atoms with E-state index in [4.69, 9.17) is 5.73 Å². The molecule has 3 N–H and O–H groups in total. The van der Waals surface area contributed by atoms with Crippen molar-refractivity contribution in [1.29, 1.82) is 0 Å². The molecule has 168 valence electrons. The molecule has 0 atom stereocenters. The van der Waals surface area contributed by atoms with Gasteiger partial charge in [0.2, 0.25) is 5.91 Å². The fourth-order valence-corrected chi connectivity index (χ4v) is 4.79. The number of carbonyl (C=O) groups excluding carboxylic acids is 2. The summed E-state index contributed by atoms with van der Waals surface area (Å²) in [5.41, 5.74) is 7.07. The number of nitrogens with one attached hydrogen (secondary N) is 1. The highest BCUT2D eigenvalue weighted by Gasteiger charge is 2.19. The third kappa shape index (κ3) is 5.47. The van der Waals surface area contributed by atoms with Crippen LogP contribution in [0.5, 0.6) is 0 Å². The largest absolute Gasteiger partial charge is 0.366 e. The standard InChI is InChI=1S/C23H20FN5O2S2/c24-18-9-5-4-8-16(18)21-27-28-23(29(21)12-10-15-6-2-1-3-7-15)33-14-19(30)26-22-17(20(25)31)11-13-32-22/h1-9,11,13H,10,12,14H2,(H2,25,31)(H,26,30). The number of carbonyl (C=O) groups is 2. The van der Waals surface area contributed by atoms with Crippen LogP contribution in [0.2, 0.25) is 0 Å². The molecule has 2 heterocycles. The number of nitrogens with zero attached hydrogens (tertiary/aromatic N) is 3. The van der Waals surface area contributed by atoms with Crippen LogP contribution >= 0.6 is 23.1 Å². The first kappa shape index (κ1) is 22.7. The number of thiophene rings is 1. The van der Waals surface area contributed by atoms with E-state index in [1.54, 1.807) is 29.6 Å². The van der Waals surface area contributed by atoms with Gasteiger partial charge in [-0.25, -0.2) is 4.39 Å². The molecule has 0 aliphatic rings. The van der Waals surface area contributed by atoms with Crippen LogP contribution in [0.4, 0.5) is 9.39 Å². The van der Waals surface area contributed by atoms with Crippen LogP contribution in [-0.2, 0) is 17.8 Å². The summed E-state index contributed by atoms with van der Waals surface area (Å²) < 4.78 is 16.3. The molecule has 10 heteroatoms. The van der Waals surface area contributed by atoms with Crippen LogP contribution in [0.1, 0.15) is 15.9 Å². The molecule has 0 radical (unpaired) electrons. The number of aromatic nitrogens is 3. The van der Waals surface area contributed by atoms with Crippen molar-refractivity contribution in [2.24, 2.45) is 5.73 Å². The molecule has 0 fully saturated rings. The molecule has 2 amide bonds. The first-order valence-electron chi connectivity index (χ1n) is 10.0. The van der Waals surface area contributed by atoms with Gasteiger partial charge in [-0.3, -0.25) is 9.59 Å². The molecule has 0 saturated heterocycles. The normalized spacial score (nSPS) is 10.8. The van der Waals surface area contributed by atoms with E-state index in [2.05, 4.69) is 15.5 Å². The number of hydrogen-bond acceptors (Lipinski definition) is 6. The Kier molecular flexibility index (Phi) is 7.16. The Balaban J connectivity index is 1.53. The van der Waals surface area contributed by atoms with E-state index in [0.717, 1.165) is 5.56 Å². The zero-order valence-electron chi connectivity index (χ0n) is 17.4. The summed E-state index contributed by atoms with van der Waals surface area (Å²) >= 11 is 2.41. The highest BCUT2D eigenvalue weighted by atomic mass is 32.2. The molecule has 4 aromatic rings. The number of halogens is 1. The van der Waals surface area contributed by atoms with Gasteiger partial charge in [0.05, 0.1) is 16.9 Å². The van der Waals surface area contributed by atoms with Crippen molar-refractivity contribution >= 4 is 39.9 Å². The predicted octanol–water partition coefficient (Wildman–Crippen LogP) is 4.22. The second-order valence-electron chi connectivity index (χ2n) is 7.04. The van der Waals surface area contributed by atoms with Gasteiger partial charge in [-0.1, -0.05) is 54.2 Å². The van der Waals surface area contributed by atoms with Gasteiger partial charge in [-0.15, -0.1) is 21.5 Å². The maximum Gasteiger partial charge on any atom is 0.251 e. The molecule has 0 saturated carbocycles. The van der Waals surface area contributed by atoms with Gasteiger partial charge in [0.15, 0.2) is 11.0 Å². The molecule has 4 rings (SSSR count). The smallest absolute Gasteiger partial charge is 0.251 e. The number of aryl methyl sites for hydroxylation is 1. The van der Waals surface area contributed by atoms with Gasteiger partial charge >= 0.3 is 0 Å². The second-order valence-corrected chi connectivity index (χ2v) is 8.90. The third-order valence-corrected chi connectivity index (χ3v) is 6.61. The lowest BCUT2D eigenvalue weighted by Crippen LogP contribution is -2.18. The van der Waals surface area contributed by atoms with Crippen LogP contribution < -0.4 is 11.1 Å². The number of rotatable bonds is 9. The Hall–Kier alpha value is -3.50. The average molecular weight is 482 g/mol. The summed E-state index contributed by atoms with van der Waals surface area (Å²) in [4.78, 5) is 23.9. The van der Waals surface area contributed by atoms with Gasteiger partial charge in [-0.2, -0.15) is 0 Å². The number of benzene rings is 2. The van der Waals surface area contributed by atoms with Gasteiger partial charge in [0.1, 0.15) is 10.8 Å². The lowest BCUT2D eigenvalue weighted by atomic mass is 10.1. The molecule has 0 aliphatic carbocycles. The van der Waals surface area contributed by atoms with Crippen LogP contribution in [0.3, 0.4) is 0 Å². The van der Waals surface area contributed by atoms with Gasteiger partial charge in [-0.05, 0) is 35.6 Å². The lowest BCUT2D eigenvalue weighted by Gasteiger charge is -2.11. The third-order valence-electron chi connectivity index (χ3n) is 4.81. The van der Waals surface area contributed by atoms with E-state index in [-0.39, 0.29) is 17.2 Å². The molecular weight excluding hydrogens is 461 g/mol. The fourth-order valence-electron chi connectivity index (χ4n) is 3.22. The van der Waals surface area contributed by atoms with E-state index in [1.165, 1.54) is 29.2 Å². The molecule has 2 aromatic heterocycles. The molecule has 2 aromatic carbocycles. The minimum Gasteiger partial charge on any atom is -0.366 e. The Morgan fingerprint density at radius 2 is 1.82 bits per heavy atom. The van der Waals surface area contributed by atoms with Crippen molar-refractivity contribution in [3.8, 4) is 11.4 Å². The van der Waals surface area contributed by atoms with Crippen LogP contribution in [0.15, 0.2) is 71.2 Å². The van der Waals surface area contributed by atoms with Crippen LogP contribution in [0, 0.1) is 5.82 Å². The van der Waals surface area contributed by atoms with Crippen molar-refractivity contribution in [3.05, 3.63) is 83.0 Å². The van der Waals surface area contributed by atoms with Gasteiger partial charge in [0, 0.05) is 6.54 Å². The van der Waals surface area contributed by atoms with Crippen LogP contribution in [-0.4, -0.2) is 32.3 Å². The minimum absolute atomic E-state index is 0.0385. The number of amides is 2. The predicted molar refractivity (Wildman–Crippen MR) is 128 cm³/mol. The number of thioether (sulfide) groups is 1. The maximum absolute atomic E-state index is 14.5. The van der Waals surface area contributed by atoms with Crippen molar-refractivity contribution < 1.29 is 14.0 Å². The summed E-state index contributed by atoms with van der Waals surface area (Å²) in [5, 5.41) is 13.7. The second kappa shape index (κ2) is 10.4. The van der Waals surface area contributed by atoms with Gasteiger partial charge < -0.3 is 15.6 Å². The lowest BCUT2D eigenvalue weighted by molar-refractivity contribution is -0.113. The molecule has 0 unspecified atom stereocenters. The highest BCUT2D eigenvalue weighted by molar-refractivity contribution is 7.99. The molecule has 7 nitrogen and oxygen atoms in total. The average Bonchev–Trinajstić information content (AvgIpc) is 3.44. The van der Waals surface area contributed by atoms with Crippen molar-refractivity contribution in [3.63, 3.8) is 0 Å². The first-order chi connectivity index (χ1) is 16.0.